The van der Waals surface area contributed by atoms with Gasteiger partial charge in [0.25, 0.3) is 0 Å². The van der Waals surface area contributed by atoms with E-state index in [2.05, 4.69) is 18.2 Å². The molecule has 0 fully saturated rings. The fourth-order valence-corrected chi connectivity index (χ4v) is 3.08. The summed E-state index contributed by atoms with van der Waals surface area (Å²) in [6, 6.07) is 10.7. The summed E-state index contributed by atoms with van der Waals surface area (Å²) >= 11 is 0. The lowest BCUT2D eigenvalue weighted by molar-refractivity contribution is 0.302. The number of nitrogens with two attached hydrogens (primary N) is 1. The summed E-state index contributed by atoms with van der Waals surface area (Å²) < 4.78 is 6.01. The molecule has 20 heavy (non-hydrogen) atoms. The highest BCUT2D eigenvalue weighted by atomic mass is 16.5. The first-order chi connectivity index (χ1) is 9.63. The predicted molar refractivity (Wildman–Crippen MR) is 83.1 cm³/mol. The lowest BCUT2D eigenvalue weighted by atomic mass is 10.1. The molecule has 0 radical (unpaired) electrons. The van der Waals surface area contributed by atoms with E-state index in [4.69, 9.17) is 10.5 Å². The number of benzene rings is 2. The molecule has 1 aliphatic carbocycles. The molecular weight excluding hydrogens is 246 g/mol. The average molecular weight is 267 g/mol. The van der Waals surface area contributed by atoms with Crippen molar-refractivity contribution in [3.8, 4) is 5.75 Å². The Balaban J connectivity index is 1.77. The van der Waals surface area contributed by atoms with Crippen LogP contribution in [0, 0.1) is 13.8 Å². The van der Waals surface area contributed by atoms with Crippen LogP contribution < -0.4 is 10.5 Å². The molecule has 0 aliphatic heterocycles. The van der Waals surface area contributed by atoms with Gasteiger partial charge in [-0.2, -0.15) is 0 Å². The number of hydrogen-bond donors (Lipinski definition) is 1. The molecule has 0 unspecified atom stereocenters. The largest absolute Gasteiger partial charge is 0.488 e. The van der Waals surface area contributed by atoms with E-state index in [-0.39, 0.29) is 0 Å². The summed E-state index contributed by atoms with van der Waals surface area (Å²) in [4.78, 5) is 0. The average Bonchev–Trinajstić information content (AvgIpc) is 2.84. The number of ether oxygens (including phenoxy) is 1. The Kier molecular flexibility index (Phi) is 3.39. The maximum absolute atomic E-state index is 6.01. The molecule has 2 aromatic carbocycles. The molecule has 2 nitrogen and oxygen atoms in total. The molecule has 2 N–H and O–H groups in total. The van der Waals surface area contributed by atoms with Gasteiger partial charge in [-0.25, -0.2) is 0 Å². The summed E-state index contributed by atoms with van der Waals surface area (Å²) in [5.74, 6) is 0.958. The SMILES string of the molecule is Cc1cc(N)cc(C)c1OCc1ccc2c(c1)CCC2. The number of anilines is 1. The van der Waals surface area contributed by atoms with Crippen LogP contribution in [0.25, 0.3) is 0 Å². The van der Waals surface area contributed by atoms with E-state index < -0.39 is 0 Å². The van der Waals surface area contributed by atoms with Crippen molar-refractivity contribution in [3.63, 3.8) is 0 Å². The molecule has 2 aromatic rings. The van der Waals surface area contributed by atoms with Crippen LogP contribution in [0.4, 0.5) is 5.69 Å². The minimum absolute atomic E-state index is 0.624. The van der Waals surface area contributed by atoms with Crippen molar-refractivity contribution in [2.45, 2.75) is 39.7 Å². The zero-order valence-corrected chi connectivity index (χ0v) is 12.2. The van der Waals surface area contributed by atoms with E-state index in [0.29, 0.717) is 6.61 Å². The molecule has 0 bridgehead atoms. The van der Waals surface area contributed by atoms with Crippen LogP contribution in [0.3, 0.4) is 0 Å². The number of hydrogen-bond acceptors (Lipinski definition) is 2. The molecule has 104 valence electrons. The lowest BCUT2D eigenvalue weighted by Crippen LogP contribution is -2.01. The highest BCUT2D eigenvalue weighted by molar-refractivity contribution is 5.52. The second-order valence-corrected chi connectivity index (χ2v) is 5.73. The van der Waals surface area contributed by atoms with E-state index in [1.807, 2.05) is 26.0 Å². The number of rotatable bonds is 3. The Morgan fingerprint density at radius 2 is 1.70 bits per heavy atom. The molecule has 0 heterocycles. The number of nitrogen functional groups attached to an aromatic ring is 1. The Hall–Kier alpha value is -1.96. The second-order valence-electron chi connectivity index (χ2n) is 5.73. The third-order valence-electron chi connectivity index (χ3n) is 4.03. The minimum atomic E-state index is 0.624. The van der Waals surface area contributed by atoms with E-state index in [0.717, 1.165) is 22.6 Å². The molecular formula is C18H21NO. The van der Waals surface area contributed by atoms with Gasteiger partial charge in [0.05, 0.1) is 0 Å². The summed E-state index contributed by atoms with van der Waals surface area (Å²) in [7, 11) is 0. The van der Waals surface area contributed by atoms with Crippen molar-refractivity contribution in [3.05, 3.63) is 58.1 Å². The summed E-state index contributed by atoms with van der Waals surface area (Å²) in [6.07, 6.45) is 3.73. The second kappa shape index (κ2) is 5.20. The fourth-order valence-electron chi connectivity index (χ4n) is 3.08. The molecule has 0 saturated heterocycles. The van der Waals surface area contributed by atoms with Crippen molar-refractivity contribution in [1.29, 1.82) is 0 Å². The smallest absolute Gasteiger partial charge is 0.125 e. The van der Waals surface area contributed by atoms with E-state index in [9.17, 15) is 0 Å². The summed E-state index contributed by atoms with van der Waals surface area (Å²) in [6.45, 7) is 4.71. The van der Waals surface area contributed by atoms with Gasteiger partial charge in [0.15, 0.2) is 0 Å². The van der Waals surface area contributed by atoms with Gasteiger partial charge in [-0.1, -0.05) is 18.2 Å². The van der Waals surface area contributed by atoms with Crippen LogP contribution in [-0.2, 0) is 19.4 Å². The van der Waals surface area contributed by atoms with Crippen LogP contribution in [0.1, 0.15) is 34.2 Å². The Morgan fingerprint density at radius 3 is 2.45 bits per heavy atom. The monoisotopic (exact) mass is 267 g/mol. The van der Waals surface area contributed by atoms with Gasteiger partial charge in [-0.05, 0) is 73.1 Å². The van der Waals surface area contributed by atoms with Gasteiger partial charge in [-0.3, -0.25) is 0 Å². The quantitative estimate of drug-likeness (QED) is 0.854. The van der Waals surface area contributed by atoms with Gasteiger partial charge < -0.3 is 10.5 Å². The predicted octanol–water partition coefficient (Wildman–Crippen LogP) is 3.95. The lowest BCUT2D eigenvalue weighted by Gasteiger charge is -2.13. The Bertz CT molecular complexity index is 623. The van der Waals surface area contributed by atoms with Gasteiger partial charge >= 0.3 is 0 Å². The van der Waals surface area contributed by atoms with Gasteiger partial charge in [0.2, 0.25) is 0 Å². The standard InChI is InChI=1S/C18H21NO/c1-12-8-17(19)9-13(2)18(12)20-11-14-6-7-15-4-3-5-16(15)10-14/h6-10H,3-5,11,19H2,1-2H3. The molecule has 3 rings (SSSR count). The Labute approximate surface area is 120 Å². The summed E-state index contributed by atoms with van der Waals surface area (Å²) in [5.41, 5.74) is 13.1. The minimum Gasteiger partial charge on any atom is -0.488 e. The number of fused-ring (bicyclic) bond motifs is 1. The first-order valence-corrected chi connectivity index (χ1v) is 7.23. The highest BCUT2D eigenvalue weighted by Gasteiger charge is 2.11. The summed E-state index contributed by atoms with van der Waals surface area (Å²) in [5, 5.41) is 0. The van der Waals surface area contributed by atoms with E-state index in [1.165, 1.54) is 36.0 Å². The third kappa shape index (κ3) is 2.51. The zero-order valence-electron chi connectivity index (χ0n) is 12.2. The van der Waals surface area contributed by atoms with Crippen molar-refractivity contribution in [2.24, 2.45) is 0 Å². The van der Waals surface area contributed by atoms with Crippen LogP contribution >= 0.6 is 0 Å². The van der Waals surface area contributed by atoms with Gasteiger partial charge in [0.1, 0.15) is 12.4 Å². The molecule has 0 spiro atoms. The van der Waals surface area contributed by atoms with Crippen LogP contribution in [0.15, 0.2) is 30.3 Å². The van der Waals surface area contributed by atoms with Crippen molar-refractivity contribution in [2.75, 3.05) is 5.73 Å². The van der Waals surface area contributed by atoms with Crippen molar-refractivity contribution < 1.29 is 4.74 Å². The first-order valence-electron chi connectivity index (χ1n) is 7.23. The highest BCUT2D eigenvalue weighted by Crippen LogP contribution is 2.28. The topological polar surface area (TPSA) is 35.2 Å². The Morgan fingerprint density at radius 1 is 1.00 bits per heavy atom. The normalized spacial score (nSPS) is 13.3. The number of aryl methyl sites for hydroxylation is 4. The fraction of sp³-hybridized carbons (Fsp3) is 0.333. The van der Waals surface area contributed by atoms with Gasteiger partial charge in [0, 0.05) is 5.69 Å². The zero-order chi connectivity index (χ0) is 14.1. The van der Waals surface area contributed by atoms with Crippen LogP contribution in [-0.4, -0.2) is 0 Å². The van der Waals surface area contributed by atoms with E-state index in [1.54, 1.807) is 0 Å². The van der Waals surface area contributed by atoms with Crippen LogP contribution in [0.2, 0.25) is 0 Å². The maximum Gasteiger partial charge on any atom is 0.125 e. The molecule has 0 amide bonds. The van der Waals surface area contributed by atoms with Gasteiger partial charge in [-0.15, -0.1) is 0 Å². The van der Waals surface area contributed by atoms with Crippen molar-refractivity contribution >= 4 is 5.69 Å². The van der Waals surface area contributed by atoms with Crippen LogP contribution in [0.5, 0.6) is 5.75 Å². The van der Waals surface area contributed by atoms with Crippen molar-refractivity contribution in [1.82, 2.24) is 0 Å². The molecule has 0 aromatic heterocycles. The molecule has 2 heteroatoms. The first kappa shape index (κ1) is 13.0. The third-order valence-corrected chi connectivity index (χ3v) is 4.03. The molecule has 0 atom stereocenters. The maximum atomic E-state index is 6.01. The van der Waals surface area contributed by atoms with E-state index >= 15 is 0 Å². The molecule has 0 saturated carbocycles. The molecule has 1 aliphatic rings.